The molecule has 0 N–H and O–H groups in total. The molecule has 0 spiro atoms. The summed E-state index contributed by atoms with van der Waals surface area (Å²) in [6.45, 7) is 2.10. The lowest BCUT2D eigenvalue weighted by atomic mass is 10.2. The fourth-order valence-electron chi connectivity index (χ4n) is 1.55. The summed E-state index contributed by atoms with van der Waals surface area (Å²) >= 11 is 8.31. The lowest BCUT2D eigenvalue weighted by Gasteiger charge is -2.07. The number of hydrogen-bond acceptors (Lipinski definition) is 5. The third-order valence-corrected chi connectivity index (χ3v) is 4.17. The molecule has 0 saturated heterocycles. The molecule has 0 saturated carbocycles. The highest BCUT2D eigenvalue weighted by Gasteiger charge is 2.13. The first-order valence-corrected chi connectivity index (χ1v) is 7.19. The van der Waals surface area contributed by atoms with Crippen molar-refractivity contribution < 1.29 is 4.74 Å². The highest BCUT2D eigenvalue weighted by molar-refractivity contribution is 14.1. The van der Waals surface area contributed by atoms with Gasteiger partial charge in [0.05, 0.1) is 16.4 Å². The minimum absolute atomic E-state index is 0.451. The van der Waals surface area contributed by atoms with Gasteiger partial charge in [0.1, 0.15) is 17.2 Å². The van der Waals surface area contributed by atoms with Crippen LogP contribution in [0.15, 0.2) is 12.4 Å². The molecule has 0 aliphatic heterocycles. The van der Waals surface area contributed by atoms with Crippen LogP contribution in [0.4, 0.5) is 0 Å². The van der Waals surface area contributed by atoms with E-state index >= 15 is 0 Å². The summed E-state index contributed by atoms with van der Waals surface area (Å²) < 4.78 is 5.96. The molecule has 2 aromatic rings. The normalized spacial score (nSPS) is 10.5. The molecule has 0 unspecified atom stereocenters. The molecule has 0 aliphatic carbocycles. The summed E-state index contributed by atoms with van der Waals surface area (Å²) in [7, 11) is 1.55. The van der Waals surface area contributed by atoms with Crippen LogP contribution in [0.1, 0.15) is 19.0 Å². The first-order chi connectivity index (χ1) is 9.15. The van der Waals surface area contributed by atoms with Crippen LogP contribution in [0.3, 0.4) is 0 Å². The zero-order chi connectivity index (χ0) is 13.8. The van der Waals surface area contributed by atoms with Crippen molar-refractivity contribution in [1.29, 1.82) is 0 Å². The van der Waals surface area contributed by atoms with Crippen LogP contribution >= 0.6 is 34.2 Å². The fourth-order valence-corrected chi connectivity index (χ4v) is 2.25. The van der Waals surface area contributed by atoms with Crippen molar-refractivity contribution in [3.63, 3.8) is 0 Å². The van der Waals surface area contributed by atoms with Gasteiger partial charge in [-0.15, -0.1) is 0 Å². The SMILES string of the molecule is CCCc1nc(-c2cc(OC)ncn2)nc(Cl)c1I. The quantitative estimate of drug-likeness (QED) is 0.593. The standard InChI is InChI=1S/C12H12ClIN4O/c1-3-4-7-10(14)11(13)18-12(17-7)8-5-9(19-2)16-6-15-8/h5-6H,3-4H2,1-2H3. The molecular formula is C12H12ClIN4O. The summed E-state index contributed by atoms with van der Waals surface area (Å²) in [6.07, 6.45) is 3.27. The van der Waals surface area contributed by atoms with Crippen LogP contribution in [0.5, 0.6) is 5.88 Å². The van der Waals surface area contributed by atoms with E-state index in [1.165, 1.54) is 6.33 Å². The van der Waals surface area contributed by atoms with E-state index in [9.17, 15) is 0 Å². The van der Waals surface area contributed by atoms with E-state index in [0.29, 0.717) is 22.6 Å². The van der Waals surface area contributed by atoms with Crippen LogP contribution in [0.25, 0.3) is 11.5 Å². The van der Waals surface area contributed by atoms with Gasteiger partial charge in [-0.05, 0) is 29.0 Å². The van der Waals surface area contributed by atoms with Crippen molar-refractivity contribution in [2.75, 3.05) is 7.11 Å². The number of hydrogen-bond donors (Lipinski definition) is 0. The van der Waals surface area contributed by atoms with Gasteiger partial charge in [-0.3, -0.25) is 0 Å². The zero-order valence-corrected chi connectivity index (χ0v) is 13.4. The van der Waals surface area contributed by atoms with Crippen molar-refractivity contribution in [2.45, 2.75) is 19.8 Å². The Balaban J connectivity index is 2.49. The Labute approximate surface area is 130 Å². The maximum atomic E-state index is 6.15. The van der Waals surface area contributed by atoms with E-state index in [0.717, 1.165) is 22.1 Å². The second-order valence-electron chi connectivity index (χ2n) is 3.79. The predicted molar refractivity (Wildman–Crippen MR) is 81.3 cm³/mol. The highest BCUT2D eigenvalue weighted by atomic mass is 127. The average molecular weight is 391 g/mol. The molecular weight excluding hydrogens is 379 g/mol. The average Bonchev–Trinajstić information content (AvgIpc) is 2.44. The van der Waals surface area contributed by atoms with Crippen LogP contribution < -0.4 is 4.74 Å². The van der Waals surface area contributed by atoms with E-state index in [1.807, 2.05) is 0 Å². The molecule has 0 bridgehead atoms. The number of halogens is 2. The summed E-state index contributed by atoms with van der Waals surface area (Å²) in [5.41, 5.74) is 1.54. The molecule has 19 heavy (non-hydrogen) atoms. The number of methoxy groups -OCH3 is 1. The van der Waals surface area contributed by atoms with Crippen LogP contribution in [0.2, 0.25) is 5.15 Å². The summed E-state index contributed by atoms with van der Waals surface area (Å²) in [4.78, 5) is 16.9. The first kappa shape index (κ1) is 14.4. The molecule has 100 valence electrons. The van der Waals surface area contributed by atoms with E-state index in [1.54, 1.807) is 13.2 Å². The molecule has 0 atom stereocenters. The van der Waals surface area contributed by atoms with Crippen molar-refractivity contribution in [1.82, 2.24) is 19.9 Å². The van der Waals surface area contributed by atoms with Crippen molar-refractivity contribution >= 4 is 34.2 Å². The van der Waals surface area contributed by atoms with E-state index in [4.69, 9.17) is 16.3 Å². The van der Waals surface area contributed by atoms with E-state index in [-0.39, 0.29) is 0 Å². The number of ether oxygens (including phenoxy) is 1. The van der Waals surface area contributed by atoms with Gasteiger partial charge in [0.15, 0.2) is 5.82 Å². The molecule has 0 aromatic carbocycles. The summed E-state index contributed by atoms with van der Waals surface area (Å²) in [6, 6.07) is 1.69. The van der Waals surface area contributed by atoms with Gasteiger partial charge in [0.2, 0.25) is 5.88 Å². The number of aromatic nitrogens is 4. The maximum absolute atomic E-state index is 6.15. The second kappa shape index (κ2) is 6.42. The Morgan fingerprint density at radius 3 is 2.79 bits per heavy atom. The molecule has 0 fully saturated rings. The zero-order valence-electron chi connectivity index (χ0n) is 10.5. The lowest BCUT2D eigenvalue weighted by molar-refractivity contribution is 0.397. The molecule has 5 nitrogen and oxygen atoms in total. The Kier molecular flexibility index (Phi) is 4.87. The van der Waals surface area contributed by atoms with Gasteiger partial charge in [-0.2, -0.15) is 0 Å². The largest absolute Gasteiger partial charge is 0.481 e. The molecule has 0 radical (unpaired) electrons. The highest BCUT2D eigenvalue weighted by Crippen LogP contribution is 2.24. The smallest absolute Gasteiger partial charge is 0.216 e. The van der Waals surface area contributed by atoms with Crippen molar-refractivity contribution in [3.05, 3.63) is 26.8 Å². The Bertz CT molecular complexity index is 594. The summed E-state index contributed by atoms with van der Waals surface area (Å²) in [5, 5.41) is 0.451. The van der Waals surface area contributed by atoms with Gasteiger partial charge in [-0.25, -0.2) is 19.9 Å². The van der Waals surface area contributed by atoms with Crippen LogP contribution in [0, 0.1) is 3.57 Å². The molecule has 7 heteroatoms. The van der Waals surface area contributed by atoms with E-state index < -0.39 is 0 Å². The first-order valence-electron chi connectivity index (χ1n) is 5.74. The van der Waals surface area contributed by atoms with Crippen LogP contribution in [-0.2, 0) is 6.42 Å². The molecule has 2 heterocycles. The van der Waals surface area contributed by atoms with Gasteiger partial charge in [-0.1, -0.05) is 24.9 Å². The van der Waals surface area contributed by atoms with Crippen LogP contribution in [-0.4, -0.2) is 27.0 Å². The Morgan fingerprint density at radius 2 is 2.11 bits per heavy atom. The third-order valence-electron chi connectivity index (χ3n) is 2.45. The number of rotatable bonds is 4. The third kappa shape index (κ3) is 3.30. The van der Waals surface area contributed by atoms with Gasteiger partial charge in [0.25, 0.3) is 0 Å². The minimum Gasteiger partial charge on any atom is -0.481 e. The van der Waals surface area contributed by atoms with Crippen molar-refractivity contribution in [2.24, 2.45) is 0 Å². The van der Waals surface area contributed by atoms with Gasteiger partial charge in [0, 0.05) is 6.07 Å². The lowest BCUT2D eigenvalue weighted by Crippen LogP contribution is -2.02. The minimum atomic E-state index is 0.451. The Morgan fingerprint density at radius 1 is 1.32 bits per heavy atom. The molecule has 0 amide bonds. The van der Waals surface area contributed by atoms with Gasteiger partial charge < -0.3 is 4.74 Å². The maximum Gasteiger partial charge on any atom is 0.216 e. The predicted octanol–water partition coefficient (Wildman–Crippen LogP) is 3.15. The second-order valence-corrected chi connectivity index (χ2v) is 5.23. The molecule has 0 aliphatic rings. The topological polar surface area (TPSA) is 60.8 Å². The Hall–Kier alpha value is -1.02. The molecule has 2 aromatic heterocycles. The summed E-state index contributed by atoms with van der Waals surface area (Å²) in [5.74, 6) is 0.967. The fraction of sp³-hybridized carbons (Fsp3) is 0.333. The van der Waals surface area contributed by atoms with E-state index in [2.05, 4.69) is 49.5 Å². The number of nitrogens with zero attached hydrogens (tertiary/aromatic N) is 4. The monoisotopic (exact) mass is 390 g/mol. The molecule has 2 rings (SSSR count). The van der Waals surface area contributed by atoms with Gasteiger partial charge >= 0.3 is 0 Å². The number of aryl methyl sites for hydroxylation is 1. The van der Waals surface area contributed by atoms with Crippen molar-refractivity contribution in [3.8, 4) is 17.4 Å².